The molecule has 2 nitrogen and oxygen atoms in total. The summed E-state index contributed by atoms with van der Waals surface area (Å²) in [6.45, 7) is 0.395. The summed E-state index contributed by atoms with van der Waals surface area (Å²) in [6, 6.07) is 20.5. The second-order valence-corrected chi connectivity index (χ2v) is 7.67. The van der Waals surface area contributed by atoms with Gasteiger partial charge in [0, 0.05) is 20.2 Å². The van der Waals surface area contributed by atoms with Crippen LogP contribution in [0.3, 0.4) is 0 Å². The molecule has 24 heavy (non-hydrogen) atoms. The number of halogens is 2. The number of hydrogen-bond donors (Lipinski definition) is 2. The summed E-state index contributed by atoms with van der Waals surface area (Å²) in [5.74, 6) is 0. The molecule has 0 amide bonds. The van der Waals surface area contributed by atoms with Crippen LogP contribution in [0.5, 0.6) is 0 Å². The van der Waals surface area contributed by atoms with Gasteiger partial charge in [-0.1, -0.05) is 52.3 Å². The predicted molar refractivity (Wildman–Crippen MR) is 115 cm³/mol. The molecular weight excluding hydrogens is 475 g/mol. The van der Waals surface area contributed by atoms with Crippen molar-refractivity contribution in [3.05, 3.63) is 85.9 Å². The molecule has 3 aromatic carbocycles. The topological polar surface area (TPSA) is 49.9 Å². The van der Waals surface area contributed by atoms with E-state index in [1.54, 1.807) is 0 Å². The molecule has 0 fully saturated rings. The van der Waals surface area contributed by atoms with Crippen LogP contribution >= 0.6 is 38.5 Å². The predicted octanol–water partition coefficient (Wildman–Crippen LogP) is 5.62. The Morgan fingerprint density at radius 2 is 1.75 bits per heavy atom. The molecular formula is C20H16BrIN2. The molecule has 0 saturated heterocycles. The van der Waals surface area contributed by atoms with Crippen LogP contribution in [0.1, 0.15) is 11.1 Å². The fourth-order valence-electron chi connectivity index (χ4n) is 2.62. The molecule has 0 saturated carbocycles. The normalized spacial score (nSPS) is 11.7. The maximum atomic E-state index is 8.41. The van der Waals surface area contributed by atoms with Crippen molar-refractivity contribution in [3.8, 4) is 0 Å². The molecule has 3 aromatic rings. The summed E-state index contributed by atoms with van der Waals surface area (Å²) in [6.07, 6.45) is 1.86. The minimum atomic E-state index is 0.395. The quantitative estimate of drug-likeness (QED) is 0.362. The van der Waals surface area contributed by atoms with Crippen molar-refractivity contribution in [2.75, 3.05) is 6.54 Å². The summed E-state index contributed by atoms with van der Waals surface area (Å²) in [4.78, 5) is 0. The zero-order valence-corrected chi connectivity index (χ0v) is 16.6. The highest BCUT2D eigenvalue weighted by Crippen LogP contribution is 2.23. The average molecular weight is 491 g/mol. The maximum absolute atomic E-state index is 8.41. The van der Waals surface area contributed by atoms with E-state index >= 15 is 0 Å². The van der Waals surface area contributed by atoms with Crippen LogP contribution in [0.2, 0.25) is 0 Å². The van der Waals surface area contributed by atoms with Gasteiger partial charge in [-0.3, -0.25) is 0 Å². The summed E-state index contributed by atoms with van der Waals surface area (Å²) in [7, 11) is 0. The Balaban J connectivity index is 1.99. The second-order valence-electron chi connectivity index (χ2n) is 5.51. The van der Waals surface area contributed by atoms with Crippen molar-refractivity contribution >= 4 is 60.6 Å². The summed E-state index contributed by atoms with van der Waals surface area (Å²) in [5, 5.41) is 10.8. The zero-order valence-electron chi connectivity index (χ0n) is 12.9. The number of hydrogen-bond acceptors (Lipinski definition) is 2. The van der Waals surface area contributed by atoms with E-state index in [4.69, 9.17) is 11.1 Å². The molecule has 0 aliphatic rings. The first-order chi connectivity index (χ1) is 11.6. The van der Waals surface area contributed by atoms with E-state index in [1.807, 2.05) is 36.4 Å². The Labute approximate surface area is 163 Å². The number of nitrogens with one attached hydrogen (secondary N) is 1. The van der Waals surface area contributed by atoms with Crippen molar-refractivity contribution in [1.29, 1.82) is 5.41 Å². The Hall–Kier alpha value is -1.50. The second kappa shape index (κ2) is 7.59. The third-order valence-corrected chi connectivity index (χ3v) is 4.91. The third-order valence-electron chi connectivity index (χ3n) is 3.83. The van der Waals surface area contributed by atoms with E-state index in [9.17, 15) is 0 Å². The molecule has 4 heteroatoms. The number of nitrogens with two attached hydrogens (primary N) is 1. The van der Waals surface area contributed by atoms with Crippen LogP contribution in [0.25, 0.3) is 16.3 Å². The molecule has 0 aromatic heterocycles. The van der Waals surface area contributed by atoms with Gasteiger partial charge in [-0.15, -0.1) is 0 Å². The number of fused-ring (bicyclic) bond motifs is 1. The van der Waals surface area contributed by atoms with Gasteiger partial charge in [0.2, 0.25) is 0 Å². The highest BCUT2D eigenvalue weighted by molar-refractivity contribution is 14.1. The van der Waals surface area contributed by atoms with Crippen LogP contribution in [0, 0.1) is 8.98 Å². The van der Waals surface area contributed by atoms with Crippen LogP contribution in [-0.2, 0) is 0 Å². The van der Waals surface area contributed by atoms with Gasteiger partial charge in [-0.2, -0.15) is 0 Å². The lowest BCUT2D eigenvalue weighted by Crippen LogP contribution is -2.06. The van der Waals surface area contributed by atoms with Gasteiger partial charge >= 0.3 is 0 Å². The number of rotatable bonds is 4. The molecule has 120 valence electrons. The van der Waals surface area contributed by atoms with E-state index in [1.165, 1.54) is 10.8 Å². The van der Waals surface area contributed by atoms with Crippen LogP contribution < -0.4 is 5.73 Å². The highest BCUT2D eigenvalue weighted by Gasteiger charge is 2.06. The van der Waals surface area contributed by atoms with Crippen molar-refractivity contribution in [1.82, 2.24) is 0 Å². The largest absolute Gasteiger partial charge is 0.326 e. The lowest BCUT2D eigenvalue weighted by Gasteiger charge is -2.09. The minimum Gasteiger partial charge on any atom is -0.326 e. The standard InChI is InChI=1S/C20H16BrIN2/c21-18-8-16(9-19(22)11-18)20(24)10-17(12-23)15-6-5-13-3-1-2-4-14(13)7-15/h1-11,24H,12,23H2/b17-10+,24-20?. The first-order valence-electron chi connectivity index (χ1n) is 7.51. The summed E-state index contributed by atoms with van der Waals surface area (Å²) >= 11 is 5.75. The molecule has 0 heterocycles. The van der Waals surface area contributed by atoms with Gasteiger partial charge in [-0.25, -0.2) is 0 Å². The molecule has 0 aliphatic heterocycles. The summed E-state index contributed by atoms with van der Waals surface area (Å²) < 4.78 is 2.07. The molecule has 0 radical (unpaired) electrons. The molecule has 3 rings (SSSR count). The molecule has 0 bridgehead atoms. The average Bonchev–Trinajstić information content (AvgIpc) is 2.58. The molecule has 0 atom stereocenters. The molecule has 0 aliphatic carbocycles. The monoisotopic (exact) mass is 490 g/mol. The van der Waals surface area contributed by atoms with Crippen molar-refractivity contribution in [2.45, 2.75) is 0 Å². The minimum absolute atomic E-state index is 0.395. The Morgan fingerprint density at radius 1 is 1.00 bits per heavy atom. The van der Waals surface area contributed by atoms with E-state index in [0.717, 1.165) is 24.7 Å². The smallest absolute Gasteiger partial charge is 0.0616 e. The van der Waals surface area contributed by atoms with Gasteiger partial charge in [0.25, 0.3) is 0 Å². The van der Waals surface area contributed by atoms with Crippen molar-refractivity contribution in [3.63, 3.8) is 0 Å². The number of benzene rings is 3. The SMILES string of the molecule is N=C(/C=C(\CN)c1ccc2ccccc2c1)c1cc(Br)cc(I)c1. The van der Waals surface area contributed by atoms with Gasteiger partial charge < -0.3 is 11.1 Å². The lowest BCUT2D eigenvalue weighted by molar-refractivity contribution is 1.27. The number of allylic oxidation sites excluding steroid dienone is 1. The van der Waals surface area contributed by atoms with Crippen molar-refractivity contribution < 1.29 is 0 Å². The van der Waals surface area contributed by atoms with Crippen LogP contribution in [0.15, 0.2) is 71.2 Å². The van der Waals surface area contributed by atoms with Gasteiger partial charge in [-0.05, 0) is 74.8 Å². The van der Waals surface area contributed by atoms with E-state index in [0.29, 0.717) is 12.3 Å². The first-order valence-corrected chi connectivity index (χ1v) is 9.39. The third kappa shape index (κ3) is 3.94. The molecule has 0 spiro atoms. The van der Waals surface area contributed by atoms with E-state index in [-0.39, 0.29) is 0 Å². The zero-order chi connectivity index (χ0) is 17.1. The van der Waals surface area contributed by atoms with Gasteiger partial charge in [0.05, 0.1) is 5.71 Å². The van der Waals surface area contributed by atoms with Gasteiger partial charge in [0.1, 0.15) is 0 Å². The fourth-order valence-corrected chi connectivity index (χ4v) is 4.21. The summed E-state index contributed by atoms with van der Waals surface area (Å²) in [5.41, 5.74) is 9.32. The lowest BCUT2D eigenvalue weighted by atomic mass is 9.99. The first kappa shape index (κ1) is 17.3. The Kier molecular flexibility index (Phi) is 5.48. The van der Waals surface area contributed by atoms with Crippen LogP contribution in [-0.4, -0.2) is 12.3 Å². The molecule has 3 N–H and O–H groups in total. The Bertz CT molecular complexity index is 927. The van der Waals surface area contributed by atoms with Gasteiger partial charge in [0.15, 0.2) is 0 Å². The van der Waals surface area contributed by atoms with E-state index < -0.39 is 0 Å². The van der Waals surface area contributed by atoms with E-state index in [2.05, 4.69) is 68.9 Å². The maximum Gasteiger partial charge on any atom is 0.0616 e. The van der Waals surface area contributed by atoms with Crippen LogP contribution in [0.4, 0.5) is 0 Å². The molecule has 0 unspecified atom stereocenters. The Morgan fingerprint density at radius 3 is 2.46 bits per heavy atom. The highest BCUT2D eigenvalue weighted by atomic mass is 127. The van der Waals surface area contributed by atoms with Crippen molar-refractivity contribution in [2.24, 2.45) is 5.73 Å². The fraction of sp³-hybridized carbons (Fsp3) is 0.0500.